The van der Waals surface area contributed by atoms with Gasteiger partial charge in [-0.2, -0.15) is 0 Å². The van der Waals surface area contributed by atoms with E-state index in [9.17, 15) is 0 Å². The lowest BCUT2D eigenvalue weighted by Crippen LogP contribution is -2.35. The summed E-state index contributed by atoms with van der Waals surface area (Å²) in [6.07, 6.45) is 8.50. The summed E-state index contributed by atoms with van der Waals surface area (Å²) in [5, 5.41) is 12.0. The lowest BCUT2D eigenvalue weighted by atomic mass is 10.1. The highest BCUT2D eigenvalue weighted by atomic mass is 15.4. The molecule has 1 aliphatic heterocycles. The molecule has 128 valence electrons. The topological polar surface area (TPSA) is 71.8 Å². The lowest BCUT2D eigenvalue weighted by Gasteiger charge is -2.32. The number of piperidine rings is 1. The van der Waals surface area contributed by atoms with Crippen LogP contribution >= 0.6 is 0 Å². The predicted octanol–water partition coefficient (Wildman–Crippen LogP) is 2.61. The van der Waals surface area contributed by atoms with Gasteiger partial charge in [0.1, 0.15) is 18.0 Å². The second-order valence-electron chi connectivity index (χ2n) is 7.18. The quantitative estimate of drug-likeness (QED) is 0.910. The Morgan fingerprint density at radius 3 is 2.62 bits per heavy atom. The highest BCUT2D eigenvalue weighted by Gasteiger charge is 2.28. The second kappa shape index (κ2) is 6.37. The first kappa shape index (κ1) is 15.4. The van der Waals surface area contributed by atoms with Gasteiger partial charge in [-0.25, -0.2) is 14.6 Å². The van der Waals surface area contributed by atoms with Crippen LogP contribution in [0.4, 0.5) is 11.6 Å². The number of nitrogens with one attached hydrogen (secondary N) is 1. The van der Waals surface area contributed by atoms with Gasteiger partial charge in [-0.05, 0) is 39.5 Å². The summed E-state index contributed by atoms with van der Waals surface area (Å²) in [6, 6.07) is 2.86. The molecule has 0 spiro atoms. The fourth-order valence-corrected chi connectivity index (χ4v) is 3.29. The Hall–Kier alpha value is -2.18. The average Bonchev–Trinajstić information content (AvgIpc) is 3.32. The molecule has 0 unspecified atom stereocenters. The van der Waals surface area contributed by atoms with E-state index >= 15 is 0 Å². The van der Waals surface area contributed by atoms with Crippen molar-refractivity contribution in [2.24, 2.45) is 0 Å². The minimum absolute atomic E-state index is 0.367. The molecule has 0 bridgehead atoms. The molecule has 1 saturated carbocycles. The number of aromatic nitrogens is 5. The molecule has 3 heterocycles. The molecule has 24 heavy (non-hydrogen) atoms. The van der Waals surface area contributed by atoms with E-state index in [4.69, 9.17) is 0 Å². The molecule has 7 heteroatoms. The molecule has 2 fully saturated rings. The van der Waals surface area contributed by atoms with Gasteiger partial charge in [-0.15, -0.1) is 5.10 Å². The molecular weight excluding hydrogens is 302 g/mol. The molecule has 2 aromatic heterocycles. The van der Waals surface area contributed by atoms with Gasteiger partial charge in [0, 0.05) is 37.3 Å². The van der Waals surface area contributed by atoms with Crippen molar-refractivity contribution in [2.75, 3.05) is 23.3 Å². The average molecular weight is 327 g/mol. The summed E-state index contributed by atoms with van der Waals surface area (Å²) in [7, 11) is 0. The summed E-state index contributed by atoms with van der Waals surface area (Å²) in [4.78, 5) is 11.1. The Balaban J connectivity index is 1.38. The maximum atomic E-state index is 4.44. The normalized spacial score (nSPS) is 19.0. The molecule has 0 aromatic carbocycles. The van der Waals surface area contributed by atoms with Gasteiger partial charge in [0.2, 0.25) is 0 Å². The van der Waals surface area contributed by atoms with Crippen molar-refractivity contribution in [1.82, 2.24) is 25.0 Å². The molecule has 1 saturated heterocycles. The summed E-state index contributed by atoms with van der Waals surface area (Å²) >= 11 is 0. The van der Waals surface area contributed by atoms with Crippen molar-refractivity contribution < 1.29 is 0 Å². The lowest BCUT2D eigenvalue weighted by molar-refractivity contribution is 0.359. The molecule has 4 rings (SSSR count). The fraction of sp³-hybridized carbons (Fsp3) is 0.647. The monoisotopic (exact) mass is 327 g/mol. The Labute approximate surface area is 142 Å². The zero-order chi connectivity index (χ0) is 16.5. The Bertz CT molecular complexity index is 684. The fourth-order valence-electron chi connectivity index (χ4n) is 3.29. The molecule has 0 atom stereocenters. The van der Waals surface area contributed by atoms with Gasteiger partial charge in [-0.1, -0.05) is 5.21 Å². The van der Waals surface area contributed by atoms with Crippen molar-refractivity contribution in [2.45, 2.75) is 57.5 Å². The highest BCUT2D eigenvalue weighted by Crippen LogP contribution is 2.39. The number of nitrogens with zero attached hydrogens (tertiary/aromatic N) is 6. The molecule has 1 N–H and O–H groups in total. The number of anilines is 2. The van der Waals surface area contributed by atoms with Gasteiger partial charge >= 0.3 is 0 Å². The van der Waals surface area contributed by atoms with Gasteiger partial charge in [-0.3, -0.25) is 0 Å². The molecule has 2 aromatic rings. The molecule has 2 aliphatic rings. The van der Waals surface area contributed by atoms with Crippen LogP contribution in [0.3, 0.4) is 0 Å². The van der Waals surface area contributed by atoms with E-state index in [1.807, 2.05) is 6.07 Å². The molecule has 7 nitrogen and oxygen atoms in total. The SMILES string of the molecule is CC(C)Nc1cc(N2CCC(n3cc(C4CC4)nn3)CC2)ncn1. The van der Waals surface area contributed by atoms with Gasteiger partial charge in [0.15, 0.2) is 0 Å². The maximum absolute atomic E-state index is 4.44. The third-order valence-electron chi connectivity index (χ3n) is 4.78. The van der Waals surface area contributed by atoms with Crippen LogP contribution in [0.15, 0.2) is 18.6 Å². The van der Waals surface area contributed by atoms with Crippen LogP contribution < -0.4 is 10.2 Å². The van der Waals surface area contributed by atoms with Crippen LogP contribution in [0.5, 0.6) is 0 Å². The van der Waals surface area contributed by atoms with Crippen LogP contribution in [-0.4, -0.2) is 44.1 Å². The first-order chi connectivity index (χ1) is 11.7. The van der Waals surface area contributed by atoms with E-state index in [0.29, 0.717) is 18.0 Å². The van der Waals surface area contributed by atoms with Crippen molar-refractivity contribution in [3.63, 3.8) is 0 Å². The summed E-state index contributed by atoms with van der Waals surface area (Å²) in [6.45, 7) is 6.20. The zero-order valence-electron chi connectivity index (χ0n) is 14.4. The smallest absolute Gasteiger partial charge is 0.134 e. The largest absolute Gasteiger partial charge is 0.368 e. The van der Waals surface area contributed by atoms with E-state index in [-0.39, 0.29) is 0 Å². The summed E-state index contributed by atoms with van der Waals surface area (Å²) < 4.78 is 2.08. The van der Waals surface area contributed by atoms with E-state index in [1.54, 1.807) is 6.33 Å². The van der Waals surface area contributed by atoms with Crippen LogP contribution in [0.25, 0.3) is 0 Å². The van der Waals surface area contributed by atoms with E-state index < -0.39 is 0 Å². The van der Waals surface area contributed by atoms with Crippen LogP contribution in [0, 0.1) is 0 Å². The standard InChI is InChI=1S/C17H25N7/c1-12(2)20-16-9-17(19-11-18-16)23-7-5-14(6-8-23)24-10-15(21-22-24)13-3-4-13/h9-14H,3-8H2,1-2H3,(H,18,19,20). The Morgan fingerprint density at radius 1 is 1.12 bits per heavy atom. The van der Waals surface area contributed by atoms with Crippen LogP contribution in [0.1, 0.15) is 57.2 Å². The van der Waals surface area contributed by atoms with Crippen molar-refractivity contribution in [3.05, 3.63) is 24.3 Å². The van der Waals surface area contributed by atoms with E-state index in [0.717, 1.165) is 37.6 Å². The van der Waals surface area contributed by atoms with Gasteiger partial charge in [0.05, 0.1) is 11.7 Å². The number of rotatable bonds is 5. The molecule has 1 aliphatic carbocycles. The van der Waals surface area contributed by atoms with Gasteiger partial charge in [0.25, 0.3) is 0 Å². The minimum atomic E-state index is 0.367. The minimum Gasteiger partial charge on any atom is -0.368 e. The Morgan fingerprint density at radius 2 is 1.92 bits per heavy atom. The second-order valence-corrected chi connectivity index (χ2v) is 7.18. The molecular formula is C17H25N7. The van der Waals surface area contributed by atoms with Crippen molar-refractivity contribution >= 4 is 11.6 Å². The predicted molar refractivity (Wildman–Crippen MR) is 93.3 cm³/mol. The van der Waals surface area contributed by atoms with E-state index in [2.05, 4.69) is 55.2 Å². The number of hydrogen-bond acceptors (Lipinski definition) is 6. The van der Waals surface area contributed by atoms with Gasteiger partial charge < -0.3 is 10.2 Å². The summed E-state index contributed by atoms with van der Waals surface area (Å²) in [5.41, 5.74) is 1.18. The summed E-state index contributed by atoms with van der Waals surface area (Å²) in [5.74, 6) is 2.57. The highest BCUT2D eigenvalue weighted by molar-refractivity contribution is 5.49. The number of hydrogen-bond donors (Lipinski definition) is 1. The molecule has 0 amide bonds. The van der Waals surface area contributed by atoms with Crippen LogP contribution in [-0.2, 0) is 0 Å². The maximum Gasteiger partial charge on any atom is 0.134 e. The first-order valence-corrected chi connectivity index (χ1v) is 8.94. The van der Waals surface area contributed by atoms with E-state index in [1.165, 1.54) is 18.5 Å². The van der Waals surface area contributed by atoms with Crippen molar-refractivity contribution in [3.8, 4) is 0 Å². The first-order valence-electron chi connectivity index (χ1n) is 8.94. The van der Waals surface area contributed by atoms with Crippen molar-refractivity contribution in [1.29, 1.82) is 0 Å². The molecule has 0 radical (unpaired) electrons. The zero-order valence-corrected chi connectivity index (χ0v) is 14.4. The third kappa shape index (κ3) is 3.34. The Kier molecular flexibility index (Phi) is 4.08. The third-order valence-corrected chi connectivity index (χ3v) is 4.78. The van der Waals surface area contributed by atoms with Crippen LogP contribution in [0.2, 0.25) is 0 Å².